The number of benzene rings is 2. The number of ether oxygens (including phenoxy) is 2. The molecule has 2 aliphatic rings. The first-order chi connectivity index (χ1) is 13.8. The molecule has 29 heavy (non-hydrogen) atoms. The third-order valence-electron chi connectivity index (χ3n) is 5.07. The number of nitrogens with zero attached hydrogens (tertiary/aromatic N) is 1. The maximum Gasteiger partial charge on any atom is 0.255 e. The number of fused-ring (bicyclic) bond motifs is 1. The van der Waals surface area contributed by atoms with Crippen molar-refractivity contribution in [3.05, 3.63) is 53.6 Å². The molecule has 0 bridgehead atoms. The van der Waals surface area contributed by atoms with Crippen LogP contribution in [0, 0.1) is 0 Å². The van der Waals surface area contributed by atoms with Crippen molar-refractivity contribution in [2.45, 2.75) is 37.4 Å². The lowest BCUT2D eigenvalue weighted by atomic mass is 10.1. The third-order valence-corrected chi connectivity index (χ3v) is 6.90. The summed E-state index contributed by atoms with van der Waals surface area (Å²) in [5.74, 6) is 0.481. The number of sulfonamides is 1. The second kappa shape index (κ2) is 7.78. The number of carbonyl (C=O) groups excluding carboxylic acids is 1. The molecule has 0 spiro atoms. The zero-order chi connectivity index (χ0) is 20.6. The molecule has 4 rings (SSSR count). The van der Waals surface area contributed by atoms with Gasteiger partial charge in [-0.2, -0.15) is 4.31 Å². The van der Waals surface area contributed by atoms with Gasteiger partial charge < -0.3 is 14.8 Å². The van der Waals surface area contributed by atoms with Gasteiger partial charge >= 0.3 is 0 Å². The number of hydrogen-bond donors (Lipinski definition) is 1. The molecule has 2 aliphatic heterocycles. The highest BCUT2D eigenvalue weighted by molar-refractivity contribution is 7.89. The van der Waals surface area contributed by atoms with E-state index in [0.29, 0.717) is 25.4 Å². The number of morpholine rings is 1. The predicted octanol–water partition coefficient (Wildman–Crippen LogP) is 2.67. The van der Waals surface area contributed by atoms with E-state index in [2.05, 4.69) is 5.32 Å². The van der Waals surface area contributed by atoms with Crippen molar-refractivity contribution < 1.29 is 22.7 Å². The fourth-order valence-electron chi connectivity index (χ4n) is 3.74. The van der Waals surface area contributed by atoms with Crippen LogP contribution in [-0.2, 0) is 21.2 Å². The first-order valence-electron chi connectivity index (χ1n) is 9.65. The summed E-state index contributed by atoms with van der Waals surface area (Å²) in [4.78, 5) is 12.8. The van der Waals surface area contributed by atoms with E-state index in [1.165, 1.54) is 16.4 Å². The summed E-state index contributed by atoms with van der Waals surface area (Å²) < 4.78 is 38.7. The molecule has 1 saturated heterocycles. The minimum Gasteiger partial charge on any atom is -0.493 e. The Kier molecular flexibility index (Phi) is 5.33. The van der Waals surface area contributed by atoms with Gasteiger partial charge in [0.2, 0.25) is 10.0 Å². The van der Waals surface area contributed by atoms with Gasteiger partial charge in [-0.1, -0.05) is 6.07 Å². The van der Waals surface area contributed by atoms with E-state index in [9.17, 15) is 13.2 Å². The van der Waals surface area contributed by atoms with E-state index in [4.69, 9.17) is 9.47 Å². The largest absolute Gasteiger partial charge is 0.493 e. The van der Waals surface area contributed by atoms with Crippen LogP contribution >= 0.6 is 0 Å². The Bertz CT molecular complexity index is 1030. The lowest BCUT2D eigenvalue weighted by Gasteiger charge is -2.34. The number of amides is 1. The monoisotopic (exact) mass is 416 g/mol. The van der Waals surface area contributed by atoms with Crippen molar-refractivity contribution in [2.24, 2.45) is 0 Å². The second-order valence-electron chi connectivity index (χ2n) is 7.48. The predicted molar refractivity (Wildman–Crippen MR) is 109 cm³/mol. The van der Waals surface area contributed by atoms with Crippen molar-refractivity contribution in [1.29, 1.82) is 0 Å². The lowest BCUT2D eigenvalue weighted by molar-refractivity contribution is -0.0440. The van der Waals surface area contributed by atoms with Gasteiger partial charge in [-0.05, 0) is 55.8 Å². The quantitative estimate of drug-likeness (QED) is 0.828. The number of rotatable bonds is 4. The van der Waals surface area contributed by atoms with Crippen LogP contribution in [0.1, 0.15) is 29.8 Å². The molecule has 2 unspecified atom stereocenters. The molecule has 1 N–H and O–H groups in total. The Morgan fingerprint density at radius 1 is 1.10 bits per heavy atom. The van der Waals surface area contributed by atoms with Gasteiger partial charge in [0.15, 0.2) is 0 Å². The van der Waals surface area contributed by atoms with E-state index in [-0.39, 0.29) is 28.6 Å². The molecule has 2 aromatic carbocycles. The van der Waals surface area contributed by atoms with Crippen LogP contribution in [0.25, 0.3) is 0 Å². The summed E-state index contributed by atoms with van der Waals surface area (Å²) in [6.45, 7) is 4.93. The molecule has 7 nitrogen and oxygen atoms in total. The molecule has 0 aliphatic carbocycles. The van der Waals surface area contributed by atoms with Gasteiger partial charge in [0.1, 0.15) is 5.75 Å². The number of nitrogens with one attached hydrogen (secondary N) is 1. The second-order valence-corrected chi connectivity index (χ2v) is 9.42. The molecule has 2 aromatic rings. The van der Waals surface area contributed by atoms with Gasteiger partial charge in [-0.15, -0.1) is 0 Å². The molecule has 1 amide bonds. The Morgan fingerprint density at radius 3 is 2.62 bits per heavy atom. The number of carbonyl (C=O) groups is 1. The van der Waals surface area contributed by atoms with Gasteiger partial charge in [0.25, 0.3) is 5.91 Å². The number of anilines is 1. The Balaban J connectivity index is 1.54. The average molecular weight is 416 g/mol. The fourth-order valence-corrected chi connectivity index (χ4v) is 5.38. The van der Waals surface area contributed by atoms with Crippen LogP contribution in [0.3, 0.4) is 0 Å². The topological polar surface area (TPSA) is 84.9 Å². The minimum atomic E-state index is -3.71. The van der Waals surface area contributed by atoms with E-state index in [1.54, 1.807) is 18.2 Å². The summed E-state index contributed by atoms with van der Waals surface area (Å²) in [5.41, 5.74) is 2.00. The van der Waals surface area contributed by atoms with Gasteiger partial charge in [-0.3, -0.25) is 4.79 Å². The fraction of sp³-hybridized carbons (Fsp3) is 0.381. The highest BCUT2D eigenvalue weighted by Crippen LogP contribution is 2.28. The zero-order valence-electron chi connectivity index (χ0n) is 16.4. The molecule has 0 aromatic heterocycles. The first kappa shape index (κ1) is 19.9. The smallest absolute Gasteiger partial charge is 0.255 e. The molecular weight excluding hydrogens is 392 g/mol. The molecule has 2 heterocycles. The van der Waals surface area contributed by atoms with Crippen molar-refractivity contribution >= 4 is 21.6 Å². The SMILES string of the molecule is CC1CN(S(=O)(=O)c2cccc(C(=O)Nc3ccc4c(c3)CCO4)c2)CC(C)O1. The highest BCUT2D eigenvalue weighted by Gasteiger charge is 2.32. The standard InChI is InChI=1S/C21H24N2O5S/c1-14-12-23(13-15(2)28-14)29(25,26)19-5-3-4-17(11-19)21(24)22-18-6-7-20-16(10-18)8-9-27-20/h3-7,10-11,14-15H,8-9,12-13H2,1-2H3,(H,22,24). The Morgan fingerprint density at radius 2 is 1.86 bits per heavy atom. The molecule has 0 radical (unpaired) electrons. The third kappa shape index (κ3) is 4.14. The van der Waals surface area contributed by atoms with Crippen LogP contribution in [0.2, 0.25) is 0 Å². The first-order valence-corrected chi connectivity index (χ1v) is 11.1. The van der Waals surface area contributed by atoms with Crippen LogP contribution in [-0.4, -0.2) is 50.5 Å². The molecular formula is C21H24N2O5S. The highest BCUT2D eigenvalue weighted by atomic mass is 32.2. The van der Waals surface area contributed by atoms with Gasteiger partial charge in [-0.25, -0.2) is 8.42 Å². The summed E-state index contributed by atoms with van der Waals surface area (Å²) in [6, 6.07) is 11.6. The maximum atomic E-state index is 13.1. The van der Waals surface area contributed by atoms with Crippen LogP contribution < -0.4 is 10.1 Å². The normalized spacial score (nSPS) is 22.0. The van der Waals surface area contributed by atoms with Crippen molar-refractivity contribution in [2.75, 3.05) is 25.0 Å². The van der Waals surface area contributed by atoms with Crippen LogP contribution in [0.15, 0.2) is 47.4 Å². The number of hydrogen-bond acceptors (Lipinski definition) is 5. The van der Waals surface area contributed by atoms with E-state index in [1.807, 2.05) is 26.0 Å². The Labute approximate surface area is 170 Å². The van der Waals surface area contributed by atoms with Crippen LogP contribution in [0.5, 0.6) is 5.75 Å². The van der Waals surface area contributed by atoms with Gasteiger partial charge in [0, 0.05) is 30.8 Å². The lowest BCUT2D eigenvalue weighted by Crippen LogP contribution is -2.48. The summed E-state index contributed by atoms with van der Waals surface area (Å²) in [6.07, 6.45) is 0.455. The summed E-state index contributed by atoms with van der Waals surface area (Å²) in [7, 11) is -3.71. The van der Waals surface area contributed by atoms with E-state index in [0.717, 1.165) is 17.7 Å². The molecule has 154 valence electrons. The average Bonchev–Trinajstić information content (AvgIpc) is 3.15. The zero-order valence-corrected chi connectivity index (χ0v) is 17.2. The molecule has 8 heteroatoms. The van der Waals surface area contributed by atoms with Gasteiger partial charge in [0.05, 0.1) is 23.7 Å². The van der Waals surface area contributed by atoms with E-state index < -0.39 is 10.0 Å². The van der Waals surface area contributed by atoms with Crippen molar-refractivity contribution in [3.63, 3.8) is 0 Å². The van der Waals surface area contributed by atoms with E-state index >= 15 is 0 Å². The summed E-state index contributed by atoms with van der Waals surface area (Å²) >= 11 is 0. The Hall–Kier alpha value is -2.42. The summed E-state index contributed by atoms with van der Waals surface area (Å²) in [5, 5.41) is 2.84. The molecule has 0 saturated carbocycles. The van der Waals surface area contributed by atoms with Crippen molar-refractivity contribution in [3.8, 4) is 5.75 Å². The molecule has 1 fully saturated rings. The maximum absolute atomic E-state index is 13.1. The minimum absolute atomic E-state index is 0.105. The van der Waals surface area contributed by atoms with Crippen LogP contribution in [0.4, 0.5) is 5.69 Å². The van der Waals surface area contributed by atoms with Crippen molar-refractivity contribution in [1.82, 2.24) is 4.31 Å². The molecule has 2 atom stereocenters.